The lowest BCUT2D eigenvalue weighted by Crippen LogP contribution is -2.00. The maximum Gasteiger partial charge on any atom is 0.164 e. The molecule has 0 amide bonds. The minimum absolute atomic E-state index is 0.663. The topological polar surface area (TPSA) is 38.7 Å². The van der Waals surface area contributed by atoms with Crippen molar-refractivity contribution in [1.82, 2.24) is 15.0 Å². The normalized spacial score (nSPS) is 11.5. The van der Waals surface area contributed by atoms with Gasteiger partial charge in [-0.2, -0.15) is 0 Å². The van der Waals surface area contributed by atoms with Gasteiger partial charge in [0, 0.05) is 16.7 Å². The molecule has 186 valence electrons. The molecule has 0 aliphatic carbocycles. The van der Waals surface area contributed by atoms with E-state index >= 15 is 0 Å². The molecule has 8 rings (SSSR count). The molecule has 7 aromatic carbocycles. The number of nitrogens with zero attached hydrogens (tertiary/aromatic N) is 3. The highest BCUT2D eigenvalue weighted by Crippen LogP contribution is 2.40. The minimum Gasteiger partial charge on any atom is -0.208 e. The Morgan fingerprint density at radius 2 is 0.775 bits per heavy atom. The molecule has 0 fully saturated rings. The van der Waals surface area contributed by atoms with Crippen molar-refractivity contribution >= 4 is 43.1 Å². The number of hydrogen-bond acceptors (Lipinski definition) is 3. The summed E-state index contributed by atoms with van der Waals surface area (Å²) in [5.74, 6) is 1.99. The van der Waals surface area contributed by atoms with Gasteiger partial charge in [-0.25, -0.2) is 15.0 Å². The average Bonchev–Trinajstić information content (AvgIpc) is 3.05. The van der Waals surface area contributed by atoms with E-state index in [4.69, 9.17) is 15.0 Å². The van der Waals surface area contributed by atoms with E-state index in [1.165, 1.54) is 43.1 Å². The van der Waals surface area contributed by atoms with Gasteiger partial charge in [0.1, 0.15) is 0 Å². The summed E-state index contributed by atoms with van der Waals surface area (Å²) in [5.41, 5.74) is 2.90. The van der Waals surface area contributed by atoms with Crippen molar-refractivity contribution in [2.75, 3.05) is 0 Å². The Labute approximate surface area is 231 Å². The van der Waals surface area contributed by atoms with Crippen LogP contribution in [-0.2, 0) is 0 Å². The van der Waals surface area contributed by atoms with Crippen LogP contribution in [0, 0.1) is 0 Å². The van der Waals surface area contributed by atoms with Gasteiger partial charge in [0.15, 0.2) is 17.5 Å². The summed E-state index contributed by atoms with van der Waals surface area (Å²) in [6, 6.07) is 48.7. The molecule has 3 heteroatoms. The number of benzene rings is 7. The van der Waals surface area contributed by atoms with Gasteiger partial charge in [-0.3, -0.25) is 0 Å². The lowest BCUT2D eigenvalue weighted by atomic mass is 9.90. The van der Waals surface area contributed by atoms with Crippen molar-refractivity contribution in [1.29, 1.82) is 0 Å². The second-order valence-electron chi connectivity index (χ2n) is 10.1. The molecule has 0 aliphatic heterocycles. The molecule has 0 spiro atoms. The van der Waals surface area contributed by atoms with Crippen LogP contribution in [0.3, 0.4) is 0 Å². The molecule has 3 nitrogen and oxygen atoms in total. The van der Waals surface area contributed by atoms with E-state index in [0.717, 1.165) is 16.7 Å². The van der Waals surface area contributed by atoms with E-state index in [1.807, 2.05) is 60.7 Å². The van der Waals surface area contributed by atoms with E-state index in [1.54, 1.807) is 0 Å². The van der Waals surface area contributed by atoms with Crippen molar-refractivity contribution in [2.24, 2.45) is 0 Å². The Morgan fingerprint density at radius 1 is 0.300 bits per heavy atom. The van der Waals surface area contributed by atoms with Gasteiger partial charge in [0.2, 0.25) is 0 Å². The molecule has 8 aromatic rings. The summed E-state index contributed by atoms with van der Waals surface area (Å²) in [6.45, 7) is 0. The summed E-state index contributed by atoms with van der Waals surface area (Å²) < 4.78 is 0. The molecular weight excluding hydrogens is 486 g/mol. The first-order chi connectivity index (χ1) is 19.8. The highest BCUT2D eigenvalue weighted by Gasteiger charge is 2.15. The Morgan fingerprint density at radius 3 is 1.43 bits per heavy atom. The van der Waals surface area contributed by atoms with Crippen molar-refractivity contribution < 1.29 is 0 Å². The fourth-order valence-corrected chi connectivity index (χ4v) is 5.80. The molecule has 0 bridgehead atoms. The van der Waals surface area contributed by atoms with Crippen LogP contribution in [-0.4, -0.2) is 15.0 Å². The van der Waals surface area contributed by atoms with E-state index in [2.05, 4.69) is 78.9 Å². The molecule has 1 aromatic heterocycles. The van der Waals surface area contributed by atoms with E-state index in [9.17, 15) is 0 Å². The number of hydrogen-bond donors (Lipinski definition) is 0. The Bertz CT molecular complexity index is 2150. The first kappa shape index (κ1) is 22.6. The fourth-order valence-electron chi connectivity index (χ4n) is 5.80. The molecule has 40 heavy (non-hydrogen) atoms. The standard InChI is InChI=1S/C37H23N3/c1-3-12-25(13-4-1)35-38-36(26-14-5-2-6-15-26)40-37(39-35)27-20-21-31-29-17-9-10-18-30(29)32-22-19-24-11-7-8-16-28(24)34(32)33(31)23-27/h1-23H. The highest BCUT2D eigenvalue weighted by molar-refractivity contribution is 6.31. The summed E-state index contributed by atoms with van der Waals surface area (Å²) in [6.07, 6.45) is 0. The average molecular weight is 510 g/mol. The van der Waals surface area contributed by atoms with Crippen LogP contribution in [0.2, 0.25) is 0 Å². The third-order valence-electron chi connectivity index (χ3n) is 7.68. The second kappa shape index (κ2) is 9.11. The Kier molecular flexibility index (Phi) is 5.14. The molecule has 0 atom stereocenters. The number of rotatable bonds is 3. The lowest BCUT2D eigenvalue weighted by molar-refractivity contribution is 1.07. The van der Waals surface area contributed by atoms with Gasteiger partial charge in [0.05, 0.1) is 0 Å². The van der Waals surface area contributed by atoms with Crippen LogP contribution in [0.25, 0.3) is 77.3 Å². The first-order valence-electron chi connectivity index (χ1n) is 13.5. The molecular formula is C37H23N3. The third kappa shape index (κ3) is 3.63. The lowest BCUT2D eigenvalue weighted by Gasteiger charge is -2.14. The Balaban J connectivity index is 1.45. The zero-order chi connectivity index (χ0) is 26.5. The van der Waals surface area contributed by atoms with Crippen molar-refractivity contribution in [2.45, 2.75) is 0 Å². The molecule has 0 unspecified atom stereocenters. The fraction of sp³-hybridized carbons (Fsp3) is 0. The predicted molar refractivity (Wildman–Crippen MR) is 166 cm³/mol. The molecule has 0 N–H and O–H groups in total. The summed E-state index contributed by atoms with van der Waals surface area (Å²) >= 11 is 0. The smallest absolute Gasteiger partial charge is 0.164 e. The van der Waals surface area contributed by atoms with Gasteiger partial charge in [0.25, 0.3) is 0 Å². The zero-order valence-electron chi connectivity index (χ0n) is 21.6. The second-order valence-corrected chi connectivity index (χ2v) is 10.1. The maximum atomic E-state index is 4.99. The van der Waals surface area contributed by atoms with Gasteiger partial charge in [-0.05, 0) is 49.2 Å². The highest BCUT2D eigenvalue weighted by atomic mass is 15.0. The number of aromatic nitrogens is 3. The SMILES string of the molecule is c1ccc(-c2nc(-c3ccccc3)nc(-c3ccc4c5ccccc5c5ccc6ccccc6c5c4c3)n2)cc1. The van der Waals surface area contributed by atoms with E-state index in [0.29, 0.717) is 17.5 Å². The van der Waals surface area contributed by atoms with Crippen LogP contribution >= 0.6 is 0 Å². The predicted octanol–water partition coefficient (Wildman–Crippen LogP) is 9.49. The van der Waals surface area contributed by atoms with E-state index < -0.39 is 0 Å². The van der Waals surface area contributed by atoms with E-state index in [-0.39, 0.29) is 0 Å². The summed E-state index contributed by atoms with van der Waals surface area (Å²) in [5, 5.41) is 9.93. The molecule has 0 saturated carbocycles. The van der Waals surface area contributed by atoms with Crippen LogP contribution in [0.15, 0.2) is 140 Å². The van der Waals surface area contributed by atoms with Crippen LogP contribution in [0.4, 0.5) is 0 Å². The van der Waals surface area contributed by atoms with Crippen molar-refractivity contribution in [3.63, 3.8) is 0 Å². The monoisotopic (exact) mass is 509 g/mol. The quantitative estimate of drug-likeness (QED) is 0.223. The summed E-state index contributed by atoms with van der Waals surface area (Å²) in [4.78, 5) is 14.8. The van der Waals surface area contributed by atoms with Gasteiger partial charge >= 0.3 is 0 Å². The molecule has 0 radical (unpaired) electrons. The molecule has 1 heterocycles. The Hall–Kier alpha value is -5.41. The minimum atomic E-state index is 0.663. The van der Waals surface area contributed by atoms with Gasteiger partial charge in [-0.1, -0.05) is 133 Å². The van der Waals surface area contributed by atoms with Crippen LogP contribution in [0.5, 0.6) is 0 Å². The maximum absolute atomic E-state index is 4.99. The molecule has 0 saturated heterocycles. The largest absolute Gasteiger partial charge is 0.208 e. The zero-order valence-corrected chi connectivity index (χ0v) is 21.6. The summed E-state index contributed by atoms with van der Waals surface area (Å²) in [7, 11) is 0. The van der Waals surface area contributed by atoms with Gasteiger partial charge < -0.3 is 0 Å². The van der Waals surface area contributed by atoms with Crippen molar-refractivity contribution in [3.8, 4) is 34.2 Å². The van der Waals surface area contributed by atoms with Crippen molar-refractivity contribution in [3.05, 3.63) is 140 Å². The number of fused-ring (bicyclic) bond motifs is 8. The van der Waals surface area contributed by atoms with Gasteiger partial charge in [-0.15, -0.1) is 0 Å². The first-order valence-corrected chi connectivity index (χ1v) is 13.5. The van der Waals surface area contributed by atoms with Crippen LogP contribution in [0.1, 0.15) is 0 Å². The molecule has 0 aliphatic rings. The third-order valence-corrected chi connectivity index (χ3v) is 7.68. The van der Waals surface area contributed by atoms with Crippen LogP contribution < -0.4 is 0 Å².